The molecule has 1 saturated heterocycles. The molecule has 1 aromatic carbocycles. The van der Waals surface area contributed by atoms with Gasteiger partial charge in [0.2, 0.25) is 0 Å². The van der Waals surface area contributed by atoms with E-state index in [4.69, 9.17) is 5.73 Å². The molecule has 0 amide bonds. The van der Waals surface area contributed by atoms with Crippen LogP contribution in [0.15, 0.2) is 24.3 Å². The molecule has 0 spiro atoms. The van der Waals surface area contributed by atoms with E-state index in [0.717, 1.165) is 12.8 Å². The first-order chi connectivity index (χ1) is 7.28. The summed E-state index contributed by atoms with van der Waals surface area (Å²) in [5, 5.41) is 0. The highest BCUT2D eigenvalue weighted by Gasteiger charge is 2.39. The molecule has 2 heteroatoms. The molecule has 80 valence electrons. The summed E-state index contributed by atoms with van der Waals surface area (Å²) in [6.45, 7) is 2.43. The van der Waals surface area contributed by atoms with Crippen LogP contribution in [0.5, 0.6) is 0 Å². The van der Waals surface area contributed by atoms with Crippen molar-refractivity contribution >= 4 is 5.69 Å². The SMILES string of the molecule is NC1(c2ccc(N3CCCC3)cc2)CC1. The van der Waals surface area contributed by atoms with E-state index in [-0.39, 0.29) is 5.54 Å². The molecule has 3 rings (SSSR count). The number of hydrogen-bond acceptors (Lipinski definition) is 2. The normalized spacial score (nSPS) is 23.1. The molecule has 2 aliphatic rings. The van der Waals surface area contributed by atoms with Gasteiger partial charge in [0, 0.05) is 24.3 Å². The topological polar surface area (TPSA) is 29.3 Å². The fourth-order valence-corrected chi connectivity index (χ4v) is 2.40. The Kier molecular flexibility index (Phi) is 1.99. The Morgan fingerprint density at radius 1 is 1.00 bits per heavy atom. The summed E-state index contributed by atoms with van der Waals surface area (Å²) in [7, 11) is 0. The quantitative estimate of drug-likeness (QED) is 0.797. The summed E-state index contributed by atoms with van der Waals surface area (Å²) in [5.74, 6) is 0. The lowest BCUT2D eigenvalue weighted by atomic mass is 10.1. The number of hydrogen-bond donors (Lipinski definition) is 1. The third-order valence-corrected chi connectivity index (χ3v) is 3.70. The van der Waals surface area contributed by atoms with E-state index in [2.05, 4.69) is 29.2 Å². The molecular formula is C13H18N2. The highest BCUT2D eigenvalue weighted by Crippen LogP contribution is 2.42. The van der Waals surface area contributed by atoms with Crippen molar-refractivity contribution in [2.24, 2.45) is 5.73 Å². The van der Waals surface area contributed by atoms with Gasteiger partial charge in [0.15, 0.2) is 0 Å². The zero-order valence-electron chi connectivity index (χ0n) is 9.08. The van der Waals surface area contributed by atoms with Crippen LogP contribution < -0.4 is 10.6 Å². The van der Waals surface area contributed by atoms with Crippen molar-refractivity contribution in [3.63, 3.8) is 0 Å². The van der Waals surface area contributed by atoms with Gasteiger partial charge in [-0.05, 0) is 43.4 Å². The van der Waals surface area contributed by atoms with Crippen LogP contribution in [0.2, 0.25) is 0 Å². The van der Waals surface area contributed by atoms with Crippen molar-refractivity contribution < 1.29 is 0 Å². The summed E-state index contributed by atoms with van der Waals surface area (Å²) in [4.78, 5) is 2.46. The van der Waals surface area contributed by atoms with Crippen LogP contribution in [0.3, 0.4) is 0 Å². The van der Waals surface area contributed by atoms with Crippen LogP contribution in [0.1, 0.15) is 31.2 Å². The molecule has 1 aromatic rings. The van der Waals surface area contributed by atoms with Gasteiger partial charge < -0.3 is 10.6 Å². The van der Waals surface area contributed by atoms with Gasteiger partial charge in [-0.15, -0.1) is 0 Å². The van der Waals surface area contributed by atoms with Gasteiger partial charge in [0.1, 0.15) is 0 Å². The van der Waals surface area contributed by atoms with E-state index in [1.807, 2.05) is 0 Å². The summed E-state index contributed by atoms with van der Waals surface area (Å²) in [5.41, 5.74) is 8.85. The molecule has 2 N–H and O–H groups in total. The van der Waals surface area contributed by atoms with Gasteiger partial charge in [-0.2, -0.15) is 0 Å². The lowest BCUT2D eigenvalue weighted by Crippen LogP contribution is -2.20. The fourth-order valence-electron chi connectivity index (χ4n) is 2.40. The molecule has 2 fully saturated rings. The monoisotopic (exact) mass is 202 g/mol. The van der Waals surface area contributed by atoms with Crippen molar-refractivity contribution in [2.45, 2.75) is 31.2 Å². The third-order valence-electron chi connectivity index (χ3n) is 3.70. The van der Waals surface area contributed by atoms with Crippen molar-refractivity contribution in [1.82, 2.24) is 0 Å². The Morgan fingerprint density at radius 3 is 2.13 bits per heavy atom. The van der Waals surface area contributed by atoms with E-state index in [1.54, 1.807) is 0 Å². The van der Waals surface area contributed by atoms with E-state index in [1.165, 1.54) is 37.2 Å². The summed E-state index contributed by atoms with van der Waals surface area (Å²) >= 11 is 0. The number of benzene rings is 1. The second-order valence-electron chi connectivity index (χ2n) is 4.90. The lowest BCUT2D eigenvalue weighted by molar-refractivity contribution is 0.740. The van der Waals surface area contributed by atoms with Gasteiger partial charge in [-0.25, -0.2) is 0 Å². The Morgan fingerprint density at radius 2 is 1.60 bits per heavy atom. The first-order valence-electron chi connectivity index (χ1n) is 5.92. The first-order valence-corrected chi connectivity index (χ1v) is 5.92. The molecule has 0 atom stereocenters. The van der Waals surface area contributed by atoms with Crippen LogP contribution in [-0.2, 0) is 5.54 Å². The number of nitrogens with two attached hydrogens (primary N) is 1. The van der Waals surface area contributed by atoms with Crippen molar-refractivity contribution in [1.29, 1.82) is 0 Å². The van der Waals surface area contributed by atoms with Crippen LogP contribution >= 0.6 is 0 Å². The minimum Gasteiger partial charge on any atom is -0.372 e. The highest BCUT2D eigenvalue weighted by molar-refractivity contribution is 5.49. The number of anilines is 1. The molecule has 0 aromatic heterocycles. The van der Waals surface area contributed by atoms with Crippen molar-refractivity contribution in [3.8, 4) is 0 Å². The summed E-state index contributed by atoms with van der Waals surface area (Å²) in [6, 6.07) is 8.88. The lowest BCUT2D eigenvalue weighted by Gasteiger charge is -2.18. The maximum Gasteiger partial charge on any atom is 0.0411 e. The van der Waals surface area contributed by atoms with Crippen LogP contribution in [-0.4, -0.2) is 13.1 Å². The molecule has 0 unspecified atom stereocenters. The summed E-state index contributed by atoms with van der Waals surface area (Å²) in [6.07, 6.45) is 4.97. The van der Waals surface area contributed by atoms with Crippen LogP contribution in [0, 0.1) is 0 Å². The van der Waals surface area contributed by atoms with Gasteiger partial charge in [0.05, 0.1) is 0 Å². The van der Waals surface area contributed by atoms with Crippen LogP contribution in [0.25, 0.3) is 0 Å². The maximum atomic E-state index is 6.16. The smallest absolute Gasteiger partial charge is 0.0411 e. The van der Waals surface area contributed by atoms with Crippen LogP contribution in [0.4, 0.5) is 5.69 Å². The van der Waals surface area contributed by atoms with Gasteiger partial charge in [-0.1, -0.05) is 12.1 Å². The Balaban J connectivity index is 1.81. The Labute approximate surface area is 91.1 Å². The maximum absolute atomic E-state index is 6.16. The van der Waals surface area contributed by atoms with E-state index in [9.17, 15) is 0 Å². The van der Waals surface area contributed by atoms with Crippen molar-refractivity contribution in [2.75, 3.05) is 18.0 Å². The van der Waals surface area contributed by atoms with E-state index >= 15 is 0 Å². The minimum absolute atomic E-state index is 0.0174. The van der Waals surface area contributed by atoms with Crippen molar-refractivity contribution in [3.05, 3.63) is 29.8 Å². The van der Waals surface area contributed by atoms with Gasteiger partial charge in [0.25, 0.3) is 0 Å². The molecule has 1 aliphatic heterocycles. The highest BCUT2D eigenvalue weighted by atomic mass is 15.1. The van der Waals surface area contributed by atoms with Gasteiger partial charge in [-0.3, -0.25) is 0 Å². The second kappa shape index (κ2) is 3.24. The molecule has 0 radical (unpaired) electrons. The average Bonchev–Trinajstić information content (AvgIpc) is 2.84. The molecule has 15 heavy (non-hydrogen) atoms. The predicted octanol–water partition coefficient (Wildman–Crippen LogP) is 2.23. The summed E-state index contributed by atoms with van der Waals surface area (Å²) < 4.78 is 0. The number of nitrogens with zero attached hydrogens (tertiary/aromatic N) is 1. The zero-order chi connectivity index (χ0) is 10.3. The predicted molar refractivity (Wildman–Crippen MR) is 63.0 cm³/mol. The molecule has 0 bridgehead atoms. The average molecular weight is 202 g/mol. The fraction of sp³-hybridized carbons (Fsp3) is 0.538. The second-order valence-corrected chi connectivity index (χ2v) is 4.90. The third kappa shape index (κ3) is 1.63. The molecule has 1 saturated carbocycles. The first kappa shape index (κ1) is 9.22. The van der Waals surface area contributed by atoms with E-state index < -0.39 is 0 Å². The largest absolute Gasteiger partial charge is 0.372 e. The zero-order valence-corrected chi connectivity index (χ0v) is 9.08. The van der Waals surface area contributed by atoms with Gasteiger partial charge >= 0.3 is 0 Å². The Bertz CT molecular complexity index is 345. The number of rotatable bonds is 2. The molecule has 1 heterocycles. The standard InChI is InChI=1S/C13H18N2/c14-13(7-8-13)11-3-5-12(6-4-11)15-9-1-2-10-15/h3-6H,1-2,7-10,14H2. The molecule has 1 aliphatic carbocycles. The molecule has 2 nitrogen and oxygen atoms in total. The van der Waals surface area contributed by atoms with E-state index in [0.29, 0.717) is 0 Å². The minimum atomic E-state index is 0.0174. The molecular weight excluding hydrogens is 184 g/mol. The Hall–Kier alpha value is -1.02.